The van der Waals surface area contributed by atoms with Crippen LogP contribution in [0, 0.1) is 0 Å². The molecule has 0 amide bonds. The standard InChI is InChI=1S/C24H31F3O2/c1-8-23(9-2,29-21(5,6)22(7,28)24(25,26)27)19-15-11-13-17-12-10-14-18(16(3)4)20(17)19/h10-15,28H,3,8-9H2,1-2,4-7H3. The number of hydrogen-bond donors (Lipinski definition) is 1. The number of aliphatic hydroxyl groups is 1. The zero-order valence-corrected chi connectivity index (χ0v) is 18.1. The number of halogens is 3. The van der Waals surface area contributed by atoms with Gasteiger partial charge in [0, 0.05) is 0 Å². The number of alkyl halides is 3. The summed E-state index contributed by atoms with van der Waals surface area (Å²) in [6, 6.07) is 11.6. The number of benzene rings is 2. The predicted octanol–water partition coefficient (Wildman–Crippen LogP) is 7.00. The van der Waals surface area contributed by atoms with Crippen molar-refractivity contribution in [3.63, 3.8) is 0 Å². The van der Waals surface area contributed by atoms with Crippen molar-refractivity contribution in [2.45, 2.75) is 77.4 Å². The summed E-state index contributed by atoms with van der Waals surface area (Å²) >= 11 is 0. The van der Waals surface area contributed by atoms with Gasteiger partial charge in [0.25, 0.3) is 0 Å². The lowest BCUT2D eigenvalue weighted by atomic mass is 9.80. The van der Waals surface area contributed by atoms with E-state index >= 15 is 0 Å². The summed E-state index contributed by atoms with van der Waals surface area (Å²) in [7, 11) is 0. The van der Waals surface area contributed by atoms with E-state index in [0.29, 0.717) is 12.8 Å². The molecule has 1 N–H and O–H groups in total. The molecule has 2 rings (SSSR count). The van der Waals surface area contributed by atoms with Crippen molar-refractivity contribution < 1.29 is 23.0 Å². The Bertz CT molecular complexity index is 885. The maximum Gasteiger partial charge on any atom is 0.419 e. The van der Waals surface area contributed by atoms with Crippen molar-refractivity contribution in [2.24, 2.45) is 0 Å². The predicted molar refractivity (Wildman–Crippen MR) is 113 cm³/mol. The zero-order valence-electron chi connectivity index (χ0n) is 18.1. The first-order valence-corrected chi connectivity index (χ1v) is 9.91. The first kappa shape index (κ1) is 23.4. The average molecular weight is 409 g/mol. The molecule has 2 nitrogen and oxygen atoms in total. The van der Waals surface area contributed by atoms with Crippen LogP contribution in [0.4, 0.5) is 13.2 Å². The fourth-order valence-electron chi connectivity index (χ4n) is 3.84. The first-order valence-electron chi connectivity index (χ1n) is 9.91. The molecule has 0 fully saturated rings. The van der Waals surface area contributed by atoms with E-state index in [2.05, 4.69) is 6.58 Å². The molecule has 29 heavy (non-hydrogen) atoms. The van der Waals surface area contributed by atoms with Gasteiger partial charge in [-0.15, -0.1) is 0 Å². The molecule has 0 saturated carbocycles. The summed E-state index contributed by atoms with van der Waals surface area (Å²) in [4.78, 5) is 0. The highest BCUT2D eigenvalue weighted by Crippen LogP contribution is 2.47. The molecule has 0 spiro atoms. The minimum atomic E-state index is -4.83. The number of ether oxygens (including phenoxy) is 1. The average Bonchev–Trinajstić information content (AvgIpc) is 2.64. The van der Waals surface area contributed by atoms with Gasteiger partial charge in [-0.25, -0.2) is 0 Å². The quantitative estimate of drug-likeness (QED) is 0.535. The van der Waals surface area contributed by atoms with E-state index in [9.17, 15) is 18.3 Å². The van der Waals surface area contributed by atoms with Crippen molar-refractivity contribution in [1.82, 2.24) is 0 Å². The Morgan fingerprint density at radius 1 is 1.00 bits per heavy atom. The normalized spacial score (nSPS) is 15.4. The smallest absolute Gasteiger partial charge is 0.378 e. The summed E-state index contributed by atoms with van der Waals surface area (Å²) < 4.78 is 47.0. The topological polar surface area (TPSA) is 29.5 Å². The van der Waals surface area contributed by atoms with Crippen molar-refractivity contribution in [1.29, 1.82) is 0 Å². The van der Waals surface area contributed by atoms with Crippen molar-refractivity contribution in [3.05, 3.63) is 54.1 Å². The monoisotopic (exact) mass is 408 g/mol. The maximum atomic E-state index is 13.6. The second-order valence-corrected chi connectivity index (χ2v) is 8.37. The van der Waals surface area contributed by atoms with Crippen LogP contribution in [0.1, 0.15) is 65.5 Å². The number of fused-ring (bicyclic) bond motifs is 1. The van der Waals surface area contributed by atoms with E-state index in [-0.39, 0.29) is 0 Å². The summed E-state index contributed by atoms with van der Waals surface area (Å²) in [6.07, 6.45) is -3.93. The molecule has 1 atom stereocenters. The van der Waals surface area contributed by atoms with E-state index in [1.54, 1.807) is 0 Å². The number of hydrogen-bond acceptors (Lipinski definition) is 2. The molecule has 0 saturated heterocycles. The van der Waals surface area contributed by atoms with Crippen LogP contribution < -0.4 is 0 Å². The van der Waals surface area contributed by atoms with Crippen LogP contribution in [0.15, 0.2) is 43.0 Å². The van der Waals surface area contributed by atoms with E-state index in [0.717, 1.165) is 34.4 Å². The van der Waals surface area contributed by atoms with Crippen LogP contribution in [-0.2, 0) is 10.3 Å². The largest absolute Gasteiger partial charge is 0.419 e. The van der Waals surface area contributed by atoms with Crippen LogP contribution in [0.3, 0.4) is 0 Å². The molecule has 5 heteroatoms. The van der Waals surface area contributed by atoms with Gasteiger partial charge in [-0.1, -0.05) is 62.4 Å². The molecule has 0 aliphatic heterocycles. The molecule has 0 heterocycles. The lowest BCUT2D eigenvalue weighted by molar-refractivity contribution is -0.331. The third-order valence-electron chi connectivity index (χ3n) is 6.17. The Hall–Kier alpha value is -1.85. The Morgan fingerprint density at radius 2 is 1.52 bits per heavy atom. The summed E-state index contributed by atoms with van der Waals surface area (Å²) in [5.41, 5.74) is -3.29. The van der Waals surface area contributed by atoms with Gasteiger partial charge in [-0.3, -0.25) is 0 Å². The van der Waals surface area contributed by atoms with E-state index < -0.39 is 23.0 Å². The van der Waals surface area contributed by atoms with Crippen LogP contribution in [0.25, 0.3) is 16.3 Å². The maximum absolute atomic E-state index is 13.6. The van der Waals surface area contributed by atoms with Gasteiger partial charge in [-0.05, 0) is 62.4 Å². The van der Waals surface area contributed by atoms with Gasteiger partial charge in [0.1, 0.15) is 5.60 Å². The summed E-state index contributed by atoms with van der Waals surface area (Å²) in [5, 5.41) is 12.3. The second kappa shape index (κ2) is 7.77. The Labute approximate surface area is 171 Å². The minimum Gasteiger partial charge on any atom is -0.378 e. The molecule has 0 aliphatic carbocycles. The second-order valence-electron chi connectivity index (χ2n) is 8.37. The lowest BCUT2D eigenvalue weighted by Crippen LogP contribution is -2.61. The lowest BCUT2D eigenvalue weighted by Gasteiger charge is -2.47. The Kier molecular flexibility index (Phi) is 6.27. The van der Waals surface area contributed by atoms with E-state index in [1.807, 2.05) is 57.2 Å². The fourth-order valence-corrected chi connectivity index (χ4v) is 3.84. The van der Waals surface area contributed by atoms with Crippen LogP contribution in [0.5, 0.6) is 0 Å². The molecule has 2 aromatic carbocycles. The summed E-state index contributed by atoms with van der Waals surface area (Å²) in [6.45, 7) is 13.1. The van der Waals surface area contributed by atoms with Gasteiger partial charge >= 0.3 is 6.18 Å². The Balaban J connectivity index is 2.76. The molecule has 0 aromatic heterocycles. The van der Waals surface area contributed by atoms with Gasteiger partial charge in [0.05, 0.1) is 5.60 Å². The third kappa shape index (κ3) is 3.95. The number of allylic oxidation sites excluding steroid dienone is 1. The molecule has 0 aliphatic rings. The van der Waals surface area contributed by atoms with Crippen molar-refractivity contribution in [3.8, 4) is 0 Å². The van der Waals surface area contributed by atoms with Crippen LogP contribution in [0.2, 0.25) is 0 Å². The van der Waals surface area contributed by atoms with Gasteiger partial charge in [0.2, 0.25) is 0 Å². The highest BCUT2D eigenvalue weighted by atomic mass is 19.4. The highest BCUT2D eigenvalue weighted by Gasteiger charge is 2.61. The number of rotatable bonds is 7. The van der Waals surface area contributed by atoms with Crippen molar-refractivity contribution in [2.75, 3.05) is 0 Å². The van der Waals surface area contributed by atoms with Crippen molar-refractivity contribution >= 4 is 16.3 Å². The van der Waals surface area contributed by atoms with Gasteiger partial charge in [-0.2, -0.15) is 13.2 Å². The minimum absolute atomic E-state index is 0.449. The molecule has 2 aromatic rings. The van der Waals surface area contributed by atoms with E-state index in [1.165, 1.54) is 13.8 Å². The fraction of sp³-hybridized carbons (Fsp3) is 0.500. The molecule has 160 valence electrons. The SMILES string of the molecule is C=C(C)c1cccc2cccc(C(CC)(CC)OC(C)(C)C(C)(O)C(F)(F)F)c12. The highest BCUT2D eigenvalue weighted by molar-refractivity contribution is 5.96. The Morgan fingerprint density at radius 3 is 1.97 bits per heavy atom. The van der Waals surface area contributed by atoms with Crippen LogP contribution in [-0.4, -0.2) is 22.5 Å². The zero-order chi connectivity index (χ0) is 22.3. The molecular formula is C24H31F3O2. The third-order valence-corrected chi connectivity index (χ3v) is 6.17. The first-order chi connectivity index (χ1) is 13.2. The summed E-state index contributed by atoms with van der Waals surface area (Å²) in [5.74, 6) is 0. The van der Waals surface area contributed by atoms with Crippen LogP contribution >= 0.6 is 0 Å². The molecule has 0 radical (unpaired) electrons. The van der Waals surface area contributed by atoms with Gasteiger partial charge in [0.15, 0.2) is 5.60 Å². The molecular weight excluding hydrogens is 377 g/mol. The molecule has 1 unspecified atom stereocenters. The van der Waals surface area contributed by atoms with Gasteiger partial charge < -0.3 is 9.84 Å². The molecule has 0 bridgehead atoms. The van der Waals surface area contributed by atoms with E-state index in [4.69, 9.17) is 4.74 Å².